The fourth-order valence-electron chi connectivity index (χ4n) is 1.27. The summed E-state index contributed by atoms with van der Waals surface area (Å²) in [5, 5.41) is 8.98. The lowest BCUT2D eigenvalue weighted by Gasteiger charge is -2.21. The highest BCUT2D eigenvalue weighted by Gasteiger charge is 2.30. The van der Waals surface area contributed by atoms with Crippen molar-refractivity contribution in [3.05, 3.63) is 22.7 Å². The van der Waals surface area contributed by atoms with E-state index in [1.165, 1.54) is 33.9 Å². The van der Waals surface area contributed by atoms with E-state index in [-0.39, 0.29) is 22.0 Å². The first-order valence-electron chi connectivity index (χ1n) is 5.63. The smallest absolute Gasteiger partial charge is 0.339 e. The third kappa shape index (κ3) is 3.34. The number of carboxylic acids is 1. The molecule has 0 heterocycles. The maximum Gasteiger partial charge on any atom is 0.339 e. The third-order valence-corrected chi connectivity index (χ3v) is 4.98. The molecule has 0 aromatic heterocycles. The van der Waals surface area contributed by atoms with Crippen LogP contribution in [-0.2, 0) is 10.0 Å². The van der Waals surface area contributed by atoms with Gasteiger partial charge in [0.05, 0.1) is 22.6 Å². The van der Waals surface area contributed by atoms with Crippen LogP contribution in [0.25, 0.3) is 0 Å². The summed E-state index contributed by atoms with van der Waals surface area (Å²) in [5.41, 5.74) is -0.0698. The Morgan fingerprint density at radius 2 is 1.90 bits per heavy atom. The topological polar surface area (TPSA) is 92.7 Å². The monoisotopic (exact) mass is 321 g/mol. The summed E-state index contributed by atoms with van der Waals surface area (Å²) in [7, 11) is -2.38. The first-order chi connectivity index (χ1) is 8.99. The Balaban J connectivity index is 3.32. The van der Waals surface area contributed by atoms with Crippen LogP contribution >= 0.6 is 11.6 Å². The van der Waals surface area contributed by atoms with Crippen molar-refractivity contribution in [2.24, 2.45) is 0 Å². The van der Waals surface area contributed by atoms with Gasteiger partial charge >= 0.3 is 5.97 Å². The van der Waals surface area contributed by atoms with Gasteiger partial charge in [-0.1, -0.05) is 11.6 Å². The van der Waals surface area contributed by atoms with Gasteiger partial charge in [-0.3, -0.25) is 4.72 Å². The summed E-state index contributed by atoms with van der Waals surface area (Å²) in [4.78, 5) is 11.0. The molecule has 112 valence electrons. The first-order valence-corrected chi connectivity index (χ1v) is 7.49. The Hall–Kier alpha value is -1.47. The standard InChI is InChI=1S/C12H16ClNO5S/c1-12(2,3)20(17,18)14-9-6-10(19-4)7(11(15)16)5-8(9)13/h5-6,14H,1-4H3,(H,15,16). The van der Waals surface area contributed by atoms with Gasteiger partial charge in [0.25, 0.3) is 0 Å². The molecule has 1 rings (SSSR count). The summed E-state index contributed by atoms with van der Waals surface area (Å²) < 4.78 is 30.4. The maximum absolute atomic E-state index is 12.1. The number of anilines is 1. The van der Waals surface area contributed by atoms with Crippen molar-refractivity contribution in [2.45, 2.75) is 25.5 Å². The van der Waals surface area contributed by atoms with Crippen molar-refractivity contribution in [1.82, 2.24) is 0 Å². The number of rotatable bonds is 4. The fraction of sp³-hybridized carbons (Fsp3) is 0.417. The summed E-state index contributed by atoms with van der Waals surface area (Å²) in [6.45, 7) is 4.60. The fourth-order valence-corrected chi connectivity index (χ4v) is 2.30. The van der Waals surface area contributed by atoms with Crippen molar-refractivity contribution in [1.29, 1.82) is 0 Å². The Morgan fingerprint density at radius 3 is 2.30 bits per heavy atom. The van der Waals surface area contributed by atoms with Crippen LogP contribution in [0.15, 0.2) is 12.1 Å². The Kier molecular flexibility index (Phi) is 4.55. The number of benzene rings is 1. The average molecular weight is 322 g/mol. The largest absolute Gasteiger partial charge is 0.496 e. The highest BCUT2D eigenvalue weighted by atomic mass is 35.5. The van der Waals surface area contributed by atoms with E-state index in [2.05, 4.69) is 4.72 Å². The van der Waals surface area contributed by atoms with Gasteiger partial charge in [0.15, 0.2) is 0 Å². The summed E-state index contributed by atoms with van der Waals surface area (Å²) >= 11 is 5.91. The minimum absolute atomic E-state index is 0.0176. The molecule has 0 fully saturated rings. The van der Waals surface area contributed by atoms with E-state index in [9.17, 15) is 13.2 Å². The summed E-state index contributed by atoms with van der Waals surface area (Å²) in [6, 6.07) is 2.39. The molecule has 0 bridgehead atoms. The van der Waals surface area contributed by atoms with Gasteiger partial charge < -0.3 is 9.84 Å². The van der Waals surface area contributed by atoms with E-state index in [1.807, 2.05) is 0 Å². The molecule has 1 aromatic carbocycles. The number of hydrogen-bond donors (Lipinski definition) is 2. The van der Waals surface area contributed by atoms with E-state index in [4.69, 9.17) is 21.4 Å². The van der Waals surface area contributed by atoms with Crippen molar-refractivity contribution in [2.75, 3.05) is 11.8 Å². The number of carboxylic acid groups (broad SMARTS) is 1. The van der Waals surface area contributed by atoms with E-state index >= 15 is 0 Å². The molecule has 6 nitrogen and oxygen atoms in total. The van der Waals surface area contributed by atoms with Gasteiger partial charge in [-0.15, -0.1) is 0 Å². The molecule has 0 saturated carbocycles. The quantitative estimate of drug-likeness (QED) is 0.889. The van der Waals surface area contributed by atoms with Gasteiger partial charge in [0.2, 0.25) is 10.0 Å². The van der Waals surface area contributed by atoms with E-state index < -0.39 is 20.7 Å². The zero-order chi connectivity index (χ0) is 15.7. The second-order valence-electron chi connectivity index (χ2n) is 5.06. The highest BCUT2D eigenvalue weighted by Crippen LogP contribution is 2.33. The van der Waals surface area contributed by atoms with Gasteiger partial charge in [0.1, 0.15) is 11.3 Å². The number of nitrogens with one attached hydrogen (secondary N) is 1. The van der Waals surface area contributed by atoms with Gasteiger partial charge in [-0.2, -0.15) is 0 Å². The lowest BCUT2D eigenvalue weighted by atomic mass is 10.2. The molecule has 0 radical (unpaired) electrons. The molecule has 0 unspecified atom stereocenters. The number of methoxy groups -OCH3 is 1. The summed E-state index contributed by atoms with van der Waals surface area (Å²) in [6.07, 6.45) is 0. The van der Waals surface area contributed by atoms with Crippen molar-refractivity contribution in [3.8, 4) is 5.75 Å². The van der Waals surface area contributed by atoms with Crippen molar-refractivity contribution >= 4 is 33.3 Å². The molecule has 0 aliphatic heterocycles. The molecule has 20 heavy (non-hydrogen) atoms. The SMILES string of the molecule is COc1cc(NS(=O)(=O)C(C)(C)C)c(Cl)cc1C(=O)O. The molecule has 0 aliphatic rings. The molecule has 2 N–H and O–H groups in total. The molecule has 0 saturated heterocycles. The van der Waals surface area contributed by atoms with Crippen molar-refractivity contribution < 1.29 is 23.1 Å². The van der Waals surface area contributed by atoms with Gasteiger partial charge in [-0.05, 0) is 26.8 Å². The Bertz CT molecular complexity index is 634. The van der Waals surface area contributed by atoms with Crippen LogP contribution in [0.1, 0.15) is 31.1 Å². The lowest BCUT2D eigenvalue weighted by Crippen LogP contribution is -2.33. The van der Waals surface area contributed by atoms with Crippen LogP contribution < -0.4 is 9.46 Å². The van der Waals surface area contributed by atoms with Crippen LogP contribution in [0.5, 0.6) is 5.75 Å². The number of halogens is 1. The molecule has 0 aliphatic carbocycles. The normalized spacial score (nSPS) is 12.1. The zero-order valence-corrected chi connectivity index (χ0v) is 13.1. The minimum Gasteiger partial charge on any atom is -0.496 e. The van der Waals surface area contributed by atoms with Crippen LogP contribution in [-0.4, -0.2) is 31.4 Å². The Labute approximate surface area is 122 Å². The van der Waals surface area contributed by atoms with Gasteiger partial charge in [0, 0.05) is 6.07 Å². The zero-order valence-electron chi connectivity index (χ0n) is 11.5. The second-order valence-corrected chi connectivity index (χ2v) is 7.90. The number of ether oxygens (including phenoxy) is 1. The predicted molar refractivity (Wildman–Crippen MR) is 77.3 cm³/mol. The number of sulfonamides is 1. The molecular weight excluding hydrogens is 306 g/mol. The average Bonchev–Trinajstić information content (AvgIpc) is 2.29. The van der Waals surface area contributed by atoms with Crippen LogP contribution in [0.4, 0.5) is 5.69 Å². The summed E-state index contributed by atoms with van der Waals surface area (Å²) in [5.74, 6) is -1.19. The minimum atomic E-state index is -3.67. The van der Waals surface area contributed by atoms with E-state index in [1.54, 1.807) is 0 Å². The molecule has 0 atom stereocenters. The Morgan fingerprint density at radius 1 is 1.35 bits per heavy atom. The number of aromatic carboxylic acids is 1. The van der Waals surface area contributed by atoms with Crippen LogP contribution in [0.3, 0.4) is 0 Å². The van der Waals surface area contributed by atoms with E-state index in [0.29, 0.717) is 0 Å². The molecule has 1 aromatic rings. The van der Waals surface area contributed by atoms with Gasteiger partial charge in [-0.25, -0.2) is 13.2 Å². The molecule has 8 heteroatoms. The molecular formula is C12H16ClNO5S. The highest BCUT2D eigenvalue weighted by molar-refractivity contribution is 7.94. The maximum atomic E-state index is 12.1. The van der Waals surface area contributed by atoms with Crippen molar-refractivity contribution in [3.63, 3.8) is 0 Å². The molecule has 0 amide bonds. The number of hydrogen-bond acceptors (Lipinski definition) is 4. The van der Waals surface area contributed by atoms with E-state index in [0.717, 1.165) is 6.07 Å². The molecule has 0 spiro atoms. The second kappa shape index (κ2) is 5.49. The first kappa shape index (κ1) is 16.6. The third-order valence-electron chi connectivity index (χ3n) is 2.57. The van der Waals surface area contributed by atoms with Crippen LogP contribution in [0.2, 0.25) is 5.02 Å². The predicted octanol–water partition coefficient (Wildman–Crippen LogP) is 2.59. The lowest BCUT2D eigenvalue weighted by molar-refractivity contribution is 0.0693. The number of carbonyl (C=O) groups is 1. The van der Waals surface area contributed by atoms with Crippen LogP contribution in [0, 0.1) is 0 Å².